The molecule has 9 heteroatoms. The molecular weight excluding hydrogens is 370 g/mol. The van der Waals surface area contributed by atoms with Crippen LogP contribution in [0, 0.1) is 0 Å². The number of hydrogen-bond acceptors (Lipinski definition) is 5. The number of benzene rings is 1. The van der Waals surface area contributed by atoms with Crippen molar-refractivity contribution in [2.45, 2.75) is 32.6 Å². The number of carbonyl (C=O) groups is 1. The van der Waals surface area contributed by atoms with Crippen LogP contribution in [-0.4, -0.2) is 84.5 Å². The van der Waals surface area contributed by atoms with Crippen LogP contribution in [0.25, 0.3) is 0 Å². The maximum atomic E-state index is 12.9. The summed E-state index contributed by atoms with van der Waals surface area (Å²) in [6.45, 7) is 7.46. The van der Waals surface area contributed by atoms with Crippen LogP contribution in [0.5, 0.6) is 0 Å². The molecule has 0 bridgehead atoms. The molecule has 1 aromatic carbocycles. The zero-order valence-electron chi connectivity index (χ0n) is 15.7. The van der Waals surface area contributed by atoms with Gasteiger partial charge in [-0.3, -0.25) is 4.90 Å². The third-order valence-corrected chi connectivity index (χ3v) is 6.95. The van der Waals surface area contributed by atoms with E-state index in [9.17, 15) is 13.2 Å². The monoisotopic (exact) mass is 397 g/mol. The SMILES string of the molecule is CC1CN(S(=O)(=O)N2CCN(Cc3ccc(C(=O)O)cc3)CC2)CC(C)O1. The first kappa shape index (κ1) is 20.2. The minimum atomic E-state index is -3.47. The Balaban J connectivity index is 1.55. The quantitative estimate of drug-likeness (QED) is 0.792. The minimum Gasteiger partial charge on any atom is -0.478 e. The van der Waals surface area contributed by atoms with E-state index in [0.717, 1.165) is 5.56 Å². The number of aromatic carboxylic acids is 1. The molecule has 2 fully saturated rings. The highest BCUT2D eigenvalue weighted by Crippen LogP contribution is 2.19. The van der Waals surface area contributed by atoms with E-state index in [1.807, 2.05) is 26.0 Å². The van der Waals surface area contributed by atoms with Crippen molar-refractivity contribution in [1.82, 2.24) is 13.5 Å². The fourth-order valence-electron chi connectivity index (χ4n) is 3.61. The Labute approximate surface area is 160 Å². The van der Waals surface area contributed by atoms with Gasteiger partial charge in [-0.15, -0.1) is 0 Å². The van der Waals surface area contributed by atoms with Gasteiger partial charge < -0.3 is 9.84 Å². The van der Waals surface area contributed by atoms with Crippen LogP contribution in [0.15, 0.2) is 24.3 Å². The molecule has 8 nitrogen and oxygen atoms in total. The zero-order valence-corrected chi connectivity index (χ0v) is 16.6. The van der Waals surface area contributed by atoms with Crippen LogP contribution < -0.4 is 0 Å². The highest BCUT2D eigenvalue weighted by molar-refractivity contribution is 7.86. The summed E-state index contributed by atoms with van der Waals surface area (Å²) in [6.07, 6.45) is -0.197. The number of rotatable bonds is 5. The second kappa shape index (κ2) is 8.24. The second-order valence-corrected chi connectivity index (χ2v) is 9.19. The van der Waals surface area contributed by atoms with Crippen molar-refractivity contribution in [1.29, 1.82) is 0 Å². The summed E-state index contributed by atoms with van der Waals surface area (Å²) in [4.78, 5) is 13.1. The molecule has 0 aromatic heterocycles. The van der Waals surface area contributed by atoms with Crippen LogP contribution >= 0.6 is 0 Å². The minimum absolute atomic E-state index is 0.0985. The van der Waals surface area contributed by atoms with E-state index in [2.05, 4.69) is 4.90 Å². The summed E-state index contributed by atoms with van der Waals surface area (Å²) >= 11 is 0. The van der Waals surface area contributed by atoms with Gasteiger partial charge in [-0.1, -0.05) is 12.1 Å². The fraction of sp³-hybridized carbons (Fsp3) is 0.611. The molecule has 2 saturated heterocycles. The van der Waals surface area contributed by atoms with E-state index in [1.165, 1.54) is 4.31 Å². The van der Waals surface area contributed by atoms with E-state index in [0.29, 0.717) is 45.8 Å². The van der Waals surface area contributed by atoms with Crippen molar-refractivity contribution in [3.8, 4) is 0 Å². The Morgan fingerprint density at radius 2 is 1.59 bits per heavy atom. The van der Waals surface area contributed by atoms with E-state index in [1.54, 1.807) is 16.4 Å². The van der Waals surface area contributed by atoms with Gasteiger partial charge >= 0.3 is 5.97 Å². The lowest BCUT2D eigenvalue weighted by atomic mass is 10.1. The number of carboxylic acids is 1. The molecule has 2 aliphatic rings. The molecule has 0 amide bonds. The first-order chi connectivity index (χ1) is 12.8. The molecule has 2 heterocycles. The number of ether oxygens (including phenoxy) is 1. The molecule has 0 aliphatic carbocycles. The molecule has 3 rings (SSSR count). The third kappa shape index (κ3) is 4.85. The summed E-state index contributed by atoms with van der Waals surface area (Å²) in [5.41, 5.74) is 1.29. The van der Waals surface area contributed by atoms with E-state index in [-0.39, 0.29) is 17.8 Å². The Kier molecular flexibility index (Phi) is 6.17. The van der Waals surface area contributed by atoms with Crippen molar-refractivity contribution < 1.29 is 23.1 Å². The maximum absolute atomic E-state index is 12.9. The van der Waals surface area contributed by atoms with Crippen molar-refractivity contribution in [3.63, 3.8) is 0 Å². The summed E-state index contributed by atoms with van der Waals surface area (Å²) in [5, 5.41) is 8.96. The number of carboxylic acid groups (broad SMARTS) is 1. The fourth-order valence-corrected chi connectivity index (χ4v) is 5.36. The predicted molar refractivity (Wildman–Crippen MR) is 101 cm³/mol. The lowest BCUT2D eigenvalue weighted by molar-refractivity contribution is -0.0457. The predicted octanol–water partition coefficient (Wildman–Crippen LogP) is 0.856. The Bertz CT molecular complexity index is 750. The molecule has 150 valence electrons. The molecule has 0 spiro atoms. The van der Waals surface area contributed by atoms with Gasteiger partial charge in [0.05, 0.1) is 17.8 Å². The molecule has 2 unspecified atom stereocenters. The third-order valence-electron chi connectivity index (χ3n) is 4.98. The summed E-state index contributed by atoms with van der Waals surface area (Å²) in [5.74, 6) is -0.938. The lowest BCUT2D eigenvalue weighted by Crippen LogP contribution is -2.57. The van der Waals surface area contributed by atoms with E-state index >= 15 is 0 Å². The van der Waals surface area contributed by atoms with E-state index in [4.69, 9.17) is 9.84 Å². The standard InChI is InChI=1S/C18H27N3O5S/c1-14-11-21(12-15(2)26-14)27(24,25)20-9-7-19(8-10-20)13-16-3-5-17(6-4-16)18(22)23/h3-6,14-15H,7-13H2,1-2H3,(H,22,23). The van der Waals surface area contributed by atoms with Gasteiger partial charge in [0, 0.05) is 45.8 Å². The molecule has 2 aliphatic heterocycles. The smallest absolute Gasteiger partial charge is 0.335 e. The Morgan fingerprint density at radius 3 is 2.11 bits per heavy atom. The highest BCUT2D eigenvalue weighted by Gasteiger charge is 2.36. The summed E-state index contributed by atoms with van der Waals surface area (Å²) < 4.78 is 34.6. The van der Waals surface area contributed by atoms with E-state index < -0.39 is 16.2 Å². The van der Waals surface area contributed by atoms with Crippen LogP contribution in [0.2, 0.25) is 0 Å². The molecule has 27 heavy (non-hydrogen) atoms. The van der Waals surface area contributed by atoms with Gasteiger partial charge in [-0.25, -0.2) is 4.79 Å². The van der Waals surface area contributed by atoms with Crippen LogP contribution in [0.3, 0.4) is 0 Å². The molecule has 1 aromatic rings. The molecule has 1 N–H and O–H groups in total. The first-order valence-corrected chi connectivity index (χ1v) is 10.6. The number of hydrogen-bond donors (Lipinski definition) is 1. The molecule has 0 radical (unpaired) electrons. The van der Waals surface area contributed by atoms with Gasteiger partial charge in [0.1, 0.15) is 0 Å². The van der Waals surface area contributed by atoms with Crippen molar-refractivity contribution in [3.05, 3.63) is 35.4 Å². The summed E-state index contributed by atoms with van der Waals surface area (Å²) in [7, 11) is -3.47. The molecule has 2 atom stereocenters. The number of piperazine rings is 1. The highest BCUT2D eigenvalue weighted by atomic mass is 32.2. The second-order valence-electron chi connectivity index (χ2n) is 7.26. The summed E-state index contributed by atoms with van der Waals surface area (Å²) in [6, 6.07) is 6.81. The average molecular weight is 397 g/mol. The number of morpholine rings is 1. The van der Waals surface area contributed by atoms with Crippen LogP contribution in [0.4, 0.5) is 0 Å². The van der Waals surface area contributed by atoms with Gasteiger partial charge in [-0.2, -0.15) is 17.0 Å². The Morgan fingerprint density at radius 1 is 1.04 bits per heavy atom. The normalized spacial score (nSPS) is 26.1. The maximum Gasteiger partial charge on any atom is 0.335 e. The zero-order chi connectivity index (χ0) is 19.6. The van der Waals surface area contributed by atoms with Crippen LogP contribution in [0.1, 0.15) is 29.8 Å². The molecule has 0 saturated carbocycles. The molecular formula is C18H27N3O5S. The van der Waals surface area contributed by atoms with Crippen LogP contribution in [-0.2, 0) is 21.5 Å². The van der Waals surface area contributed by atoms with Gasteiger partial charge in [0.25, 0.3) is 10.2 Å². The number of nitrogens with zero attached hydrogens (tertiary/aromatic N) is 3. The van der Waals surface area contributed by atoms with Crippen molar-refractivity contribution in [2.24, 2.45) is 0 Å². The van der Waals surface area contributed by atoms with Gasteiger partial charge in [-0.05, 0) is 31.5 Å². The Hall–Kier alpha value is -1.52. The first-order valence-electron chi connectivity index (χ1n) is 9.21. The van der Waals surface area contributed by atoms with Gasteiger partial charge in [0.2, 0.25) is 0 Å². The average Bonchev–Trinajstić information content (AvgIpc) is 2.62. The largest absolute Gasteiger partial charge is 0.478 e. The van der Waals surface area contributed by atoms with Crippen molar-refractivity contribution >= 4 is 16.2 Å². The van der Waals surface area contributed by atoms with Crippen molar-refractivity contribution in [2.75, 3.05) is 39.3 Å². The topological polar surface area (TPSA) is 90.4 Å². The van der Waals surface area contributed by atoms with Gasteiger partial charge in [0.15, 0.2) is 0 Å². The lowest BCUT2D eigenvalue weighted by Gasteiger charge is -2.40.